The minimum atomic E-state index is -2.33. The summed E-state index contributed by atoms with van der Waals surface area (Å²) >= 11 is 0. The van der Waals surface area contributed by atoms with Crippen molar-refractivity contribution >= 4 is 29.0 Å². The summed E-state index contributed by atoms with van der Waals surface area (Å²) in [5.41, 5.74) is 2.61. The minimum absolute atomic E-state index is 0.153. The number of aliphatic hydroxyl groups excluding tert-OH is 1. The maximum atomic E-state index is 12.4. The van der Waals surface area contributed by atoms with E-state index in [2.05, 4.69) is 130 Å². The molecular weight excluding hydrogens is 459 g/mol. The van der Waals surface area contributed by atoms with Crippen LogP contribution in [-0.2, 0) is 4.79 Å². The Morgan fingerprint density at radius 3 is 1.78 bits per heavy atom. The number of Topliss-reactive ketones (excluding diaryl/α,β-unsaturated/α-hetero) is 1. The molecule has 186 valence electrons. The molecule has 3 aromatic carbocycles. The van der Waals surface area contributed by atoms with E-state index in [9.17, 15) is 9.90 Å². The molecule has 0 bridgehead atoms. The molecule has 36 heavy (non-hydrogen) atoms. The zero-order chi connectivity index (χ0) is 25.8. The summed E-state index contributed by atoms with van der Waals surface area (Å²) in [7, 11) is -2.33. The molecule has 1 aliphatic rings. The Hall–Kier alpha value is -3.06. The fourth-order valence-corrected chi connectivity index (χ4v) is 10.2. The summed E-state index contributed by atoms with van der Waals surface area (Å²) in [6.07, 6.45) is 7.06. The van der Waals surface area contributed by atoms with Crippen molar-refractivity contribution in [1.29, 1.82) is 0 Å². The molecule has 0 fully saturated rings. The van der Waals surface area contributed by atoms with Crippen LogP contribution in [0.15, 0.2) is 126 Å². The number of aliphatic hydroxyl groups is 1. The summed E-state index contributed by atoms with van der Waals surface area (Å²) < 4.78 is 0. The number of allylic oxidation sites excluding steroid dienone is 5. The number of benzene rings is 3. The van der Waals surface area contributed by atoms with Crippen molar-refractivity contribution in [3.8, 4) is 0 Å². The Kier molecular flexibility index (Phi) is 7.88. The second kappa shape index (κ2) is 10.9. The second-order valence-electron chi connectivity index (χ2n) is 10.5. The van der Waals surface area contributed by atoms with Crippen molar-refractivity contribution in [2.75, 3.05) is 6.16 Å². The van der Waals surface area contributed by atoms with Gasteiger partial charge in [0, 0.05) is 0 Å². The van der Waals surface area contributed by atoms with Crippen LogP contribution in [0.2, 0.25) is 0 Å². The molecule has 1 N–H and O–H groups in total. The molecule has 0 amide bonds. The van der Waals surface area contributed by atoms with E-state index in [1.807, 2.05) is 6.92 Å². The third-order valence-corrected chi connectivity index (χ3v) is 12.3. The molecule has 3 aromatic rings. The van der Waals surface area contributed by atoms with Gasteiger partial charge in [-0.25, -0.2) is 0 Å². The predicted octanol–water partition coefficient (Wildman–Crippen LogP) is 5.89. The Balaban J connectivity index is 1.77. The van der Waals surface area contributed by atoms with Crippen molar-refractivity contribution in [3.05, 3.63) is 126 Å². The topological polar surface area (TPSA) is 37.3 Å². The van der Waals surface area contributed by atoms with Crippen molar-refractivity contribution < 1.29 is 9.90 Å². The molecule has 1 atom stereocenters. The van der Waals surface area contributed by atoms with E-state index in [1.54, 1.807) is 0 Å². The first-order chi connectivity index (χ1) is 17.3. The average Bonchev–Trinajstić information content (AvgIpc) is 2.89. The molecule has 4 rings (SSSR count). The summed E-state index contributed by atoms with van der Waals surface area (Å²) in [5.74, 6) is -0.153. The van der Waals surface area contributed by atoms with Crippen LogP contribution >= 0.6 is 7.26 Å². The standard InChI is InChI=1S/C33H37O2P/c1-25(20-21-30-26(2)32(35)31(34)24-33(30,3)4)22-23-36(27-14-8-5-9-15-27,28-16-10-6-11-17-28)29-18-12-7-13-19-29/h5-22,31,34,36H,23-24H2,1-4H3/b21-20+,25-22?. The number of carbonyl (C=O) groups excluding carboxylic acids is 1. The van der Waals surface area contributed by atoms with Gasteiger partial charge >= 0.3 is 217 Å². The van der Waals surface area contributed by atoms with Gasteiger partial charge < -0.3 is 0 Å². The fourth-order valence-electron chi connectivity index (χ4n) is 5.55. The Labute approximate surface area is 216 Å². The van der Waals surface area contributed by atoms with E-state index < -0.39 is 13.4 Å². The maximum absolute atomic E-state index is 12.4. The van der Waals surface area contributed by atoms with Crippen molar-refractivity contribution in [1.82, 2.24) is 0 Å². The first-order valence-electron chi connectivity index (χ1n) is 12.7. The first-order valence-corrected chi connectivity index (χ1v) is 14.9. The first kappa shape index (κ1) is 26.0. The van der Waals surface area contributed by atoms with Crippen LogP contribution in [0, 0.1) is 5.41 Å². The zero-order valence-electron chi connectivity index (χ0n) is 21.7. The molecular formula is C33H37O2P. The fraction of sp³-hybridized carbons (Fsp3) is 0.242. The van der Waals surface area contributed by atoms with Crippen LogP contribution in [0.3, 0.4) is 0 Å². The van der Waals surface area contributed by atoms with E-state index in [0.717, 1.165) is 11.7 Å². The van der Waals surface area contributed by atoms with Gasteiger partial charge in [0.25, 0.3) is 0 Å². The number of hydrogen-bond donors (Lipinski definition) is 1. The quantitative estimate of drug-likeness (QED) is 0.327. The van der Waals surface area contributed by atoms with Gasteiger partial charge in [0.05, 0.1) is 0 Å². The molecule has 0 aromatic heterocycles. The monoisotopic (exact) mass is 496 g/mol. The average molecular weight is 497 g/mol. The van der Waals surface area contributed by atoms with Crippen LogP contribution in [0.25, 0.3) is 0 Å². The third-order valence-electron chi connectivity index (χ3n) is 7.55. The molecule has 1 aliphatic carbocycles. The van der Waals surface area contributed by atoms with Crippen molar-refractivity contribution in [3.63, 3.8) is 0 Å². The van der Waals surface area contributed by atoms with E-state index in [-0.39, 0.29) is 11.2 Å². The van der Waals surface area contributed by atoms with Crippen LogP contribution in [0.5, 0.6) is 0 Å². The number of rotatable bonds is 7. The van der Waals surface area contributed by atoms with Gasteiger partial charge in [0.15, 0.2) is 0 Å². The van der Waals surface area contributed by atoms with Gasteiger partial charge in [-0.1, -0.05) is 0 Å². The number of hydrogen-bond acceptors (Lipinski definition) is 2. The van der Waals surface area contributed by atoms with Crippen LogP contribution in [0.1, 0.15) is 34.1 Å². The van der Waals surface area contributed by atoms with Crippen LogP contribution in [-0.4, -0.2) is 23.2 Å². The molecule has 0 saturated carbocycles. The molecule has 0 aliphatic heterocycles. The molecule has 2 nitrogen and oxygen atoms in total. The summed E-state index contributed by atoms with van der Waals surface area (Å²) in [4.78, 5) is 12.4. The Morgan fingerprint density at radius 2 is 1.33 bits per heavy atom. The van der Waals surface area contributed by atoms with Crippen molar-refractivity contribution in [2.45, 2.75) is 40.2 Å². The number of ketones is 1. The van der Waals surface area contributed by atoms with E-state index in [1.165, 1.54) is 21.5 Å². The second-order valence-corrected chi connectivity index (χ2v) is 14.4. The summed E-state index contributed by atoms with van der Waals surface area (Å²) in [5, 5.41) is 14.3. The molecule has 0 saturated heterocycles. The third kappa shape index (κ3) is 5.21. The Morgan fingerprint density at radius 1 is 0.889 bits per heavy atom. The van der Waals surface area contributed by atoms with Gasteiger partial charge in [0.2, 0.25) is 0 Å². The van der Waals surface area contributed by atoms with E-state index in [4.69, 9.17) is 0 Å². The van der Waals surface area contributed by atoms with Gasteiger partial charge in [-0.2, -0.15) is 0 Å². The number of carbonyl (C=O) groups is 1. The van der Waals surface area contributed by atoms with Crippen LogP contribution in [0.4, 0.5) is 0 Å². The van der Waals surface area contributed by atoms with Gasteiger partial charge in [-0.15, -0.1) is 0 Å². The van der Waals surface area contributed by atoms with E-state index in [0.29, 0.717) is 12.0 Å². The molecule has 0 radical (unpaired) electrons. The molecule has 0 heterocycles. The van der Waals surface area contributed by atoms with Crippen LogP contribution < -0.4 is 15.9 Å². The SMILES string of the molecule is CC(=CC[PH](c1ccccc1)(c1ccccc1)c1ccccc1)/C=C/C1=C(C)C(=O)C(O)CC1(C)C. The van der Waals surface area contributed by atoms with E-state index >= 15 is 0 Å². The Bertz CT molecular complexity index is 1190. The van der Waals surface area contributed by atoms with Gasteiger partial charge in [0.1, 0.15) is 0 Å². The molecule has 1 unspecified atom stereocenters. The normalized spacial score (nSPS) is 19.1. The van der Waals surface area contributed by atoms with Crippen molar-refractivity contribution in [2.24, 2.45) is 5.41 Å². The summed E-state index contributed by atoms with van der Waals surface area (Å²) in [6.45, 7) is 8.18. The molecule has 3 heteroatoms. The van der Waals surface area contributed by atoms with Gasteiger partial charge in [-0.05, 0) is 0 Å². The zero-order valence-corrected chi connectivity index (χ0v) is 22.7. The summed E-state index contributed by atoms with van der Waals surface area (Å²) in [6, 6.07) is 32.8. The molecule has 0 spiro atoms. The predicted molar refractivity (Wildman–Crippen MR) is 156 cm³/mol. The van der Waals surface area contributed by atoms with Gasteiger partial charge in [-0.3, -0.25) is 0 Å².